The maximum atomic E-state index is 2.45. The minimum atomic E-state index is -0.112. The second kappa shape index (κ2) is 13.0. The molecule has 0 N–H and O–H groups in total. The summed E-state index contributed by atoms with van der Waals surface area (Å²) in [6.45, 7) is 4.71. The van der Waals surface area contributed by atoms with E-state index in [2.05, 4.69) is 230 Å². The van der Waals surface area contributed by atoms with Crippen molar-refractivity contribution in [2.75, 3.05) is 4.90 Å². The van der Waals surface area contributed by atoms with Crippen molar-refractivity contribution in [3.8, 4) is 39.1 Å². The predicted octanol–water partition coefficient (Wildman–Crippen LogP) is 15.0. The van der Waals surface area contributed by atoms with Gasteiger partial charge in [-0.3, -0.25) is 0 Å². The highest BCUT2D eigenvalue weighted by atomic mass is 15.1. The number of aromatic nitrogens is 1. The number of fused-ring (bicyclic) bond motifs is 7. The first-order valence-corrected chi connectivity index (χ1v) is 19.9. The van der Waals surface area contributed by atoms with Crippen LogP contribution in [0.1, 0.15) is 25.0 Å². The highest BCUT2D eigenvalue weighted by Crippen LogP contribution is 2.51. The van der Waals surface area contributed by atoms with Gasteiger partial charge in [0.05, 0.1) is 16.7 Å². The van der Waals surface area contributed by atoms with Gasteiger partial charge in [0.1, 0.15) is 0 Å². The van der Waals surface area contributed by atoms with Crippen LogP contribution >= 0.6 is 0 Å². The zero-order valence-corrected chi connectivity index (χ0v) is 32.0. The first-order valence-electron chi connectivity index (χ1n) is 19.9. The van der Waals surface area contributed by atoms with E-state index in [-0.39, 0.29) is 5.41 Å². The number of hydrogen-bond donors (Lipinski definition) is 0. The Morgan fingerprint density at radius 1 is 0.351 bits per heavy atom. The molecular weight excluding hydrogens is 689 g/mol. The zero-order valence-electron chi connectivity index (χ0n) is 32.0. The maximum Gasteiger partial charge on any atom is 0.0541 e. The van der Waals surface area contributed by atoms with E-state index in [0.29, 0.717) is 0 Å². The molecule has 0 saturated heterocycles. The van der Waals surface area contributed by atoms with E-state index in [1.54, 1.807) is 0 Å². The number of benzene rings is 9. The van der Waals surface area contributed by atoms with Gasteiger partial charge in [-0.05, 0) is 104 Å². The Morgan fingerprint density at radius 3 is 1.67 bits per heavy atom. The van der Waals surface area contributed by atoms with Crippen molar-refractivity contribution < 1.29 is 0 Å². The molecule has 0 unspecified atom stereocenters. The average molecular weight is 729 g/mol. The van der Waals surface area contributed by atoms with Gasteiger partial charge in [0.25, 0.3) is 0 Å². The molecular formula is C55H40N2. The summed E-state index contributed by atoms with van der Waals surface area (Å²) >= 11 is 0. The number of para-hydroxylation sites is 4. The lowest BCUT2D eigenvalue weighted by molar-refractivity contribution is 0.660. The first-order chi connectivity index (χ1) is 28.1. The molecule has 0 saturated carbocycles. The Hall–Kier alpha value is -7.16. The molecule has 2 nitrogen and oxygen atoms in total. The van der Waals surface area contributed by atoms with Crippen LogP contribution in [0.15, 0.2) is 206 Å². The lowest BCUT2D eigenvalue weighted by atomic mass is 9.82. The monoisotopic (exact) mass is 728 g/mol. The van der Waals surface area contributed by atoms with Crippen LogP contribution in [0.3, 0.4) is 0 Å². The third kappa shape index (κ3) is 5.18. The highest BCUT2D eigenvalue weighted by molar-refractivity contribution is 6.10. The Morgan fingerprint density at radius 2 is 0.895 bits per heavy atom. The molecule has 0 atom stereocenters. The van der Waals surface area contributed by atoms with E-state index < -0.39 is 0 Å². The van der Waals surface area contributed by atoms with Crippen LogP contribution in [0, 0.1) is 0 Å². The molecule has 0 bridgehead atoms. The van der Waals surface area contributed by atoms with E-state index in [1.165, 1.54) is 77.1 Å². The van der Waals surface area contributed by atoms with E-state index in [1.807, 2.05) is 0 Å². The largest absolute Gasteiger partial charge is 0.310 e. The molecule has 0 aliphatic heterocycles. The van der Waals surface area contributed by atoms with Crippen LogP contribution in [0.4, 0.5) is 17.1 Å². The number of rotatable bonds is 6. The van der Waals surface area contributed by atoms with E-state index in [0.717, 1.165) is 22.7 Å². The summed E-state index contributed by atoms with van der Waals surface area (Å²) in [5, 5.41) is 4.97. The van der Waals surface area contributed by atoms with E-state index in [9.17, 15) is 0 Å². The molecule has 270 valence electrons. The maximum absolute atomic E-state index is 2.45. The van der Waals surface area contributed by atoms with Crippen LogP contribution in [-0.2, 0) is 5.41 Å². The second-order valence-corrected chi connectivity index (χ2v) is 15.7. The van der Waals surface area contributed by atoms with Gasteiger partial charge in [-0.2, -0.15) is 0 Å². The lowest BCUT2D eigenvalue weighted by Crippen LogP contribution is -2.16. The average Bonchev–Trinajstić information content (AvgIpc) is 3.72. The molecule has 1 aromatic heterocycles. The van der Waals surface area contributed by atoms with Gasteiger partial charge in [-0.25, -0.2) is 0 Å². The predicted molar refractivity (Wildman–Crippen MR) is 241 cm³/mol. The molecule has 11 rings (SSSR count). The fourth-order valence-electron chi connectivity index (χ4n) is 9.52. The smallest absolute Gasteiger partial charge is 0.0541 e. The highest BCUT2D eigenvalue weighted by Gasteiger charge is 2.35. The topological polar surface area (TPSA) is 8.17 Å². The van der Waals surface area contributed by atoms with Gasteiger partial charge in [0.15, 0.2) is 0 Å². The summed E-state index contributed by atoms with van der Waals surface area (Å²) in [5.74, 6) is 0. The van der Waals surface area contributed by atoms with Gasteiger partial charge < -0.3 is 9.47 Å². The summed E-state index contributed by atoms with van der Waals surface area (Å²) in [5.41, 5.74) is 17.0. The van der Waals surface area contributed by atoms with E-state index >= 15 is 0 Å². The van der Waals surface area contributed by atoms with Gasteiger partial charge in [0, 0.05) is 38.8 Å². The Balaban J connectivity index is 1.17. The number of anilines is 3. The Kier molecular flexibility index (Phi) is 7.55. The molecule has 57 heavy (non-hydrogen) atoms. The molecule has 0 fully saturated rings. The van der Waals surface area contributed by atoms with Crippen molar-refractivity contribution >= 4 is 49.6 Å². The van der Waals surface area contributed by atoms with Crippen LogP contribution in [0.2, 0.25) is 0 Å². The molecule has 1 aliphatic carbocycles. The molecule has 1 heterocycles. The first kappa shape index (κ1) is 33.2. The van der Waals surface area contributed by atoms with Crippen molar-refractivity contribution in [1.82, 2.24) is 4.57 Å². The van der Waals surface area contributed by atoms with Gasteiger partial charge in [-0.1, -0.05) is 166 Å². The molecule has 2 heteroatoms. The molecule has 0 radical (unpaired) electrons. The fraction of sp³-hybridized carbons (Fsp3) is 0.0545. The van der Waals surface area contributed by atoms with Gasteiger partial charge >= 0.3 is 0 Å². The normalized spacial score (nSPS) is 12.9. The van der Waals surface area contributed by atoms with Crippen molar-refractivity contribution in [2.24, 2.45) is 0 Å². The summed E-state index contributed by atoms with van der Waals surface area (Å²) in [7, 11) is 0. The van der Waals surface area contributed by atoms with Crippen molar-refractivity contribution in [1.29, 1.82) is 0 Å². The minimum Gasteiger partial charge on any atom is -0.310 e. The Bertz CT molecular complexity index is 3110. The third-order valence-corrected chi connectivity index (χ3v) is 12.2. The molecule has 1 aliphatic rings. The third-order valence-electron chi connectivity index (χ3n) is 12.2. The van der Waals surface area contributed by atoms with Gasteiger partial charge in [0.2, 0.25) is 0 Å². The van der Waals surface area contributed by atoms with Crippen molar-refractivity contribution in [3.05, 3.63) is 217 Å². The second-order valence-electron chi connectivity index (χ2n) is 15.7. The minimum absolute atomic E-state index is 0.112. The van der Waals surface area contributed by atoms with Crippen LogP contribution < -0.4 is 4.90 Å². The molecule has 9 aromatic carbocycles. The summed E-state index contributed by atoms with van der Waals surface area (Å²) < 4.78 is 2.45. The molecule has 0 spiro atoms. The Labute approximate surface area is 333 Å². The summed E-state index contributed by atoms with van der Waals surface area (Å²) in [6, 6.07) is 75.7. The zero-order chi connectivity index (χ0) is 38.1. The van der Waals surface area contributed by atoms with E-state index in [4.69, 9.17) is 0 Å². The summed E-state index contributed by atoms with van der Waals surface area (Å²) in [4.78, 5) is 2.43. The summed E-state index contributed by atoms with van der Waals surface area (Å²) in [6.07, 6.45) is 0. The standard InChI is InChI=1S/C55H40N2/c1-55(2)50-27-12-8-22-44(50)45-34-32-40(36-51(45)55)56(38-19-4-3-5-20-38)39-31-33-43(49(35-39)42-26-16-18-37-17-6-7-21-41(37)42)46-23-9-13-28-52(46)57-53-29-14-10-24-47(53)48-25-11-15-30-54(48)57/h3-36H,1-2H3. The number of nitrogens with zero attached hydrogens (tertiary/aromatic N) is 2. The van der Waals surface area contributed by atoms with Gasteiger partial charge in [-0.15, -0.1) is 0 Å². The lowest BCUT2D eigenvalue weighted by Gasteiger charge is -2.29. The van der Waals surface area contributed by atoms with Crippen molar-refractivity contribution in [3.63, 3.8) is 0 Å². The molecule has 0 amide bonds. The van der Waals surface area contributed by atoms with Crippen molar-refractivity contribution in [2.45, 2.75) is 19.3 Å². The van der Waals surface area contributed by atoms with Crippen LogP contribution in [-0.4, -0.2) is 4.57 Å². The number of hydrogen-bond acceptors (Lipinski definition) is 1. The quantitative estimate of drug-likeness (QED) is 0.165. The van der Waals surface area contributed by atoms with Crippen LogP contribution in [0.5, 0.6) is 0 Å². The SMILES string of the molecule is CC1(C)c2ccccc2-c2ccc(N(c3ccccc3)c3ccc(-c4ccccc4-n4c5ccccc5c5ccccc54)c(-c4cccc5ccccc45)c3)cc21. The van der Waals surface area contributed by atoms with Crippen LogP contribution in [0.25, 0.3) is 71.6 Å². The fourth-order valence-corrected chi connectivity index (χ4v) is 9.52. The molecule has 10 aromatic rings.